The SMILES string of the molecule is COC1CCCCC1C1O[C@@H]1CC=C(C)C.O=C(O)CO.O=C(O)N1CCCC1. The summed E-state index contributed by atoms with van der Waals surface area (Å²) < 4.78 is 11.4. The zero-order valence-electron chi connectivity index (χ0n) is 17.9. The zero-order valence-corrected chi connectivity index (χ0v) is 17.9. The quantitative estimate of drug-likeness (QED) is 0.466. The van der Waals surface area contributed by atoms with Crippen molar-refractivity contribution in [1.82, 2.24) is 4.90 Å². The Balaban J connectivity index is 0.000000269. The van der Waals surface area contributed by atoms with Crippen LogP contribution in [0, 0.1) is 5.92 Å². The number of carboxylic acids is 1. The largest absolute Gasteiger partial charge is 0.480 e. The van der Waals surface area contributed by atoms with E-state index in [0.29, 0.717) is 24.2 Å². The highest BCUT2D eigenvalue weighted by Crippen LogP contribution is 2.41. The molecule has 0 radical (unpaired) electrons. The molecule has 0 bridgehead atoms. The molecule has 3 N–H and O–H groups in total. The number of aliphatic hydroxyl groups is 1. The molecule has 1 aliphatic carbocycles. The number of aliphatic hydroxyl groups excluding tert-OH is 1. The lowest BCUT2D eigenvalue weighted by molar-refractivity contribution is -0.140. The van der Waals surface area contributed by atoms with Gasteiger partial charge in [0.1, 0.15) is 6.61 Å². The number of aliphatic carboxylic acids is 1. The van der Waals surface area contributed by atoms with E-state index in [4.69, 9.17) is 29.6 Å². The normalized spacial score (nSPS) is 27.7. The molecule has 168 valence electrons. The van der Waals surface area contributed by atoms with Crippen molar-refractivity contribution in [2.45, 2.75) is 77.1 Å². The first-order valence-corrected chi connectivity index (χ1v) is 10.4. The molecule has 3 aliphatic rings. The van der Waals surface area contributed by atoms with E-state index >= 15 is 0 Å². The zero-order chi connectivity index (χ0) is 21.8. The highest BCUT2D eigenvalue weighted by Gasteiger charge is 2.47. The smallest absolute Gasteiger partial charge is 0.407 e. The minimum Gasteiger partial charge on any atom is -0.480 e. The third-order valence-electron chi connectivity index (χ3n) is 5.37. The van der Waals surface area contributed by atoms with Gasteiger partial charge in [-0.25, -0.2) is 9.59 Å². The molecule has 29 heavy (non-hydrogen) atoms. The minimum absolute atomic E-state index is 0.440. The Morgan fingerprint density at radius 1 is 1.10 bits per heavy atom. The van der Waals surface area contributed by atoms with Crippen LogP contribution in [0.3, 0.4) is 0 Å². The Kier molecular flexibility index (Phi) is 11.9. The Hall–Kier alpha value is -1.64. The van der Waals surface area contributed by atoms with E-state index in [-0.39, 0.29) is 0 Å². The van der Waals surface area contributed by atoms with Gasteiger partial charge in [0.25, 0.3) is 0 Å². The molecule has 1 saturated carbocycles. The molecule has 0 aromatic carbocycles. The number of hydrogen-bond acceptors (Lipinski definition) is 5. The standard InChI is InChI=1S/C14H24O2.C5H9NO2.C2H4O3/c1-10(2)8-9-13-14(16-13)11-6-4-5-7-12(11)15-3;7-5(8)6-3-1-2-4-6;3-1-2(4)5/h8,11-14H,4-7,9H2,1-3H3;1-4H2,(H,7,8);3H,1H2,(H,4,5)/t11?,12?,13-,14?;;/m1../s1. The molecular formula is C21H37NO7. The van der Waals surface area contributed by atoms with Crippen LogP contribution >= 0.6 is 0 Å². The fraction of sp³-hybridized carbons (Fsp3) is 0.810. The van der Waals surface area contributed by atoms with Gasteiger partial charge in [-0.1, -0.05) is 24.5 Å². The highest BCUT2D eigenvalue weighted by molar-refractivity contribution is 5.67. The first-order valence-electron chi connectivity index (χ1n) is 10.4. The van der Waals surface area contributed by atoms with Gasteiger partial charge in [0.2, 0.25) is 0 Å². The maximum absolute atomic E-state index is 10.1. The number of carbonyl (C=O) groups is 2. The van der Waals surface area contributed by atoms with E-state index in [9.17, 15) is 4.79 Å². The Bertz CT molecular complexity index is 527. The van der Waals surface area contributed by atoms with Crippen molar-refractivity contribution >= 4 is 12.1 Å². The molecule has 3 unspecified atom stereocenters. The molecule has 1 amide bonds. The van der Waals surface area contributed by atoms with Crippen LogP contribution in [0.5, 0.6) is 0 Å². The second-order valence-corrected chi connectivity index (χ2v) is 7.91. The Morgan fingerprint density at radius 3 is 2.14 bits per heavy atom. The van der Waals surface area contributed by atoms with Crippen LogP contribution in [0.25, 0.3) is 0 Å². The molecule has 0 aromatic heterocycles. The van der Waals surface area contributed by atoms with E-state index in [1.165, 1.54) is 36.2 Å². The van der Waals surface area contributed by atoms with Gasteiger partial charge in [0.05, 0.1) is 18.3 Å². The maximum atomic E-state index is 10.1. The van der Waals surface area contributed by atoms with E-state index in [1.54, 1.807) is 0 Å². The van der Waals surface area contributed by atoms with Crippen molar-refractivity contribution < 1.29 is 34.4 Å². The van der Waals surface area contributed by atoms with E-state index in [1.807, 2.05) is 7.11 Å². The number of allylic oxidation sites excluding steroid dienone is 1. The number of hydrogen-bond donors (Lipinski definition) is 3. The highest BCUT2D eigenvalue weighted by atomic mass is 16.6. The summed E-state index contributed by atoms with van der Waals surface area (Å²) in [6.07, 6.45) is 11.2. The van der Waals surface area contributed by atoms with E-state index in [2.05, 4.69) is 19.9 Å². The van der Waals surface area contributed by atoms with Crippen LogP contribution < -0.4 is 0 Å². The summed E-state index contributed by atoms with van der Waals surface area (Å²) >= 11 is 0. The van der Waals surface area contributed by atoms with Gasteiger partial charge >= 0.3 is 12.1 Å². The van der Waals surface area contributed by atoms with E-state index < -0.39 is 18.7 Å². The van der Waals surface area contributed by atoms with Gasteiger partial charge in [0, 0.05) is 26.1 Å². The van der Waals surface area contributed by atoms with Crippen LogP contribution in [0.4, 0.5) is 4.79 Å². The second-order valence-electron chi connectivity index (χ2n) is 7.91. The van der Waals surface area contributed by atoms with Gasteiger partial charge in [-0.05, 0) is 46.0 Å². The van der Waals surface area contributed by atoms with Crippen molar-refractivity contribution in [3.8, 4) is 0 Å². The molecular weight excluding hydrogens is 378 g/mol. The molecule has 2 heterocycles. The Labute approximate surface area is 173 Å². The van der Waals surface area contributed by atoms with Crippen LogP contribution in [0.15, 0.2) is 11.6 Å². The molecule has 2 saturated heterocycles. The maximum Gasteiger partial charge on any atom is 0.407 e. The van der Waals surface area contributed by atoms with Gasteiger partial charge in [0.15, 0.2) is 0 Å². The number of rotatable bonds is 5. The third-order valence-corrected chi connectivity index (χ3v) is 5.37. The molecule has 8 nitrogen and oxygen atoms in total. The van der Waals surface area contributed by atoms with Crippen molar-refractivity contribution in [1.29, 1.82) is 0 Å². The molecule has 0 aromatic rings. The lowest BCUT2D eigenvalue weighted by Crippen LogP contribution is -2.31. The average molecular weight is 416 g/mol. The fourth-order valence-corrected chi connectivity index (χ4v) is 3.78. The van der Waals surface area contributed by atoms with Gasteiger partial charge < -0.3 is 29.7 Å². The van der Waals surface area contributed by atoms with Crippen molar-refractivity contribution in [3.63, 3.8) is 0 Å². The van der Waals surface area contributed by atoms with Crippen LogP contribution in [-0.2, 0) is 14.3 Å². The molecule has 4 atom stereocenters. The predicted octanol–water partition coefficient (Wildman–Crippen LogP) is 3.14. The van der Waals surface area contributed by atoms with Gasteiger partial charge in [-0.3, -0.25) is 0 Å². The summed E-state index contributed by atoms with van der Waals surface area (Å²) in [4.78, 5) is 20.7. The van der Waals surface area contributed by atoms with Gasteiger partial charge in [-0.2, -0.15) is 0 Å². The second kappa shape index (κ2) is 13.6. The molecule has 8 heteroatoms. The first kappa shape index (κ1) is 25.4. The van der Waals surface area contributed by atoms with Gasteiger partial charge in [-0.15, -0.1) is 0 Å². The third kappa shape index (κ3) is 10.1. The van der Waals surface area contributed by atoms with Crippen LogP contribution in [0.1, 0.15) is 58.8 Å². The summed E-state index contributed by atoms with van der Waals surface area (Å²) in [6.45, 7) is 4.98. The number of nitrogens with zero attached hydrogens (tertiary/aromatic N) is 1. The van der Waals surface area contributed by atoms with Crippen LogP contribution in [-0.4, -0.2) is 77.4 Å². The van der Waals surface area contributed by atoms with Crippen LogP contribution in [0.2, 0.25) is 0 Å². The number of ether oxygens (including phenoxy) is 2. The molecule has 2 aliphatic heterocycles. The molecule has 0 spiro atoms. The number of methoxy groups -OCH3 is 1. The van der Waals surface area contributed by atoms with E-state index in [0.717, 1.165) is 32.4 Å². The predicted molar refractivity (Wildman–Crippen MR) is 109 cm³/mol. The van der Waals surface area contributed by atoms with Crippen molar-refractivity contribution in [2.24, 2.45) is 5.92 Å². The number of epoxide rings is 1. The average Bonchev–Trinajstić information content (AvgIpc) is 3.25. The fourth-order valence-electron chi connectivity index (χ4n) is 3.78. The monoisotopic (exact) mass is 415 g/mol. The lowest BCUT2D eigenvalue weighted by Gasteiger charge is -2.29. The van der Waals surface area contributed by atoms with Crippen molar-refractivity contribution in [2.75, 3.05) is 26.8 Å². The summed E-state index contributed by atoms with van der Waals surface area (Å²) in [6, 6.07) is 0. The summed E-state index contributed by atoms with van der Waals surface area (Å²) in [5, 5.41) is 23.4. The molecule has 3 fully saturated rings. The first-order chi connectivity index (χ1) is 13.8. The van der Waals surface area contributed by atoms with Crippen molar-refractivity contribution in [3.05, 3.63) is 11.6 Å². The number of likely N-dealkylation sites (tertiary alicyclic amines) is 1. The lowest BCUT2D eigenvalue weighted by atomic mass is 9.83. The molecule has 3 rings (SSSR count). The number of carboxylic acid groups (broad SMARTS) is 2. The number of amides is 1. The minimum atomic E-state index is -1.19. The Morgan fingerprint density at radius 2 is 1.69 bits per heavy atom. The summed E-state index contributed by atoms with van der Waals surface area (Å²) in [5.74, 6) is -0.542. The topological polar surface area (TPSA) is 120 Å². The summed E-state index contributed by atoms with van der Waals surface area (Å²) in [5.41, 5.74) is 1.39. The summed E-state index contributed by atoms with van der Waals surface area (Å²) in [7, 11) is 1.84.